The largest absolute Gasteiger partial charge is 0.398 e. The van der Waals surface area contributed by atoms with E-state index in [4.69, 9.17) is 11.5 Å². The second-order valence-corrected chi connectivity index (χ2v) is 8.59. The topological polar surface area (TPSA) is 128 Å². The standard InChI is InChI=1S/C24H21FN6O2S/c1-13-15(17(26)12-18(23(27)32)28-21-9-10-31(2)30-21)7-8-16(25)22(13)29-24(33)20-11-14-5-3-4-6-19(14)34-20/h3-12H,26H2,1-2H3,(H2,27,32)(H,29,33). The van der Waals surface area contributed by atoms with Crippen LogP contribution in [0, 0.1) is 12.7 Å². The van der Waals surface area contributed by atoms with E-state index in [1.54, 1.807) is 32.3 Å². The van der Waals surface area contributed by atoms with Gasteiger partial charge in [-0.15, -0.1) is 11.3 Å². The number of fused-ring (bicyclic) bond motifs is 1. The van der Waals surface area contributed by atoms with Crippen LogP contribution in [0.2, 0.25) is 0 Å². The van der Waals surface area contributed by atoms with Crippen LogP contribution in [0.1, 0.15) is 20.8 Å². The molecule has 0 radical (unpaired) electrons. The summed E-state index contributed by atoms with van der Waals surface area (Å²) in [5.74, 6) is -1.56. The molecule has 2 aromatic heterocycles. The van der Waals surface area contributed by atoms with Gasteiger partial charge in [-0.3, -0.25) is 14.3 Å². The SMILES string of the molecule is Cc1c(C(N)=CC(=Nc2ccn(C)n2)C(N)=O)ccc(F)c1NC(=O)c1cc2ccccc2s1. The normalized spacial score (nSPS) is 12.2. The van der Waals surface area contributed by atoms with Gasteiger partial charge in [0.1, 0.15) is 11.5 Å². The molecule has 4 rings (SSSR count). The summed E-state index contributed by atoms with van der Waals surface area (Å²) in [4.78, 5) is 29.3. The monoisotopic (exact) mass is 476 g/mol. The Labute approximate surface area is 198 Å². The molecule has 2 amide bonds. The van der Waals surface area contributed by atoms with Crippen LogP contribution in [-0.4, -0.2) is 27.3 Å². The van der Waals surface area contributed by atoms with Gasteiger partial charge in [-0.1, -0.05) is 18.2 Å². The molecule has 2 heterocycles. The van der Waals surface area contributed by atoms with E-state index >= 15 is 0 Å². The maximum atomic E-state index is 14.7. The summed E-state index contributed by atoms with van der Waals surface area (Å²) in [6.07, 6.45) is 2.97. The van der Waals surface area contributed by atoms with Crippen molar-refractivity contribution in [2.75, 3.05) is 5.32 Å². The van der Waals surface area contributed by atoms with Crippen LogP contribution in [0.5, 0.6) is 0 Å². The molecular weight excluding hydrogens is 455 g/mol. The zero-order valence-corrected chi connectivity index (χ0v) is 19.2. The minimum atomic E-state index is -0.799. The maximum Gasteiger partial charge on any atom is 0.267 e. The summed E-state index contributed by atoms with van der Waals surface area (Å²) in [6.45, 7) is 1.62. The van der Waals surface area contributed by atoms with Crippen molar-refractivity contribution in [2.45, 2.75) is 6.92 Å². The Balaban J connectivity index is 1.66. The molecule has 5 N–H and O–H groups in total. The summed E-state index contributed by atoms with van der Waals surface area (Å²) in [5, 5.41) is 7.67. The summed E-state index contributed by atoms with van der Waals surface area (Å²) < 4.78 is 17.2. The van der Waals surface area contributed by atoms with Gasteiger partial charge in [0.05, 0.1) is 10.6 Å². The second-order valence-electron chi connectivity index (χ2n) is 7.51. The first-order chi connectivity index (χ1) is 16.2. The van der Waals surface area contributed by atoms with Crippen LogP contribution in [0.25, 0.3) is 15.8 Å². The molecule has 0 saturated carbocycles. The van der Waals surface area contributed by atoms with Gasteiger partial charge in [0.15, 0.2) is 5.82 Å². The molecule has 0 fully saturated rings. The number of amides is 2. The lowest BCUT2D eigenvalue weighted by Crippen LogP contribution is -2.22. The number of rotatable bonds is 6. The van der Waals surface area contributed by atoms with Crippen molar-refractivity contribution in [1.82, 2.24) is 9.78 Å². The summed E-state index contributed by atoms with van der Waals surface area (Å²) in [7, 11) is 1.71. The zero-order valence-electron chi connectivity index (χ0n) is 18.4. The number of hydrogen-bond donors (Lipinski definition) is 3. The molecule has 0 aliphatic heterocycles. The molecule has 2 aromatic carbocycles. The smallest absolute Gasteiger partial charge is 0.267 e. The molecule has 8 nitrogen and oxygen atoms in total. The highest BCUT2D eigenvalue weighted by Crippen LogP contribution is 2.29. The lowest BCUT2D eigenvalue weighted by molar-refractivity contribution is -0.111. The third kappa shape index (κ3) is 4.71. The fourth-order valence-corrected chi connectivity index (χ4v) is 4.34. The summed E-state index contributed by atoms with van der Waals surface area (Å²) >= 11 is 1.32. The molecule has 10 heteroatoms. The minimum Gasteiger partial charge on any atom is -0.398 e. The van der Waals surface area contributed by atoms with E-state index < -0.39 is 17.6 Å². The number of aryl methyl sites for hydroxylation is 1. The highest BCUT2D eigenvalue weighted by molar-refractivity contribution is 7.20. The minimum absolute atomic E-state index is 0.00130. The maximum absolute atomic E-state index is 14.7. The first-order valence-corrected chi connectivity index (χ1v) is 11.0. The van der Waals surface area contributed by atoms with Crippen LogP contribution in [-0.2, 0) is 11.8 Å². The predicted octanol–water partition coefficient (Wildman–Crippen LogP) is 3.89. The number of thiophene rings is 1. The number of anilines is 1. The van der Waals surface area contributed by atoms with E-state index in [0.717, 1.165) is 10.1 Å². The van der Waals surface area contributed by atoms with Crippen molar-refractivity contribution < 1.29 is 14.0 Å². The number of aliphatic imine (C=N–C) groups is 1. The molecule has 34 heavy (non-hydrogen) atoms. The number of nitrogens with one attached hydrogen (secondary N) is 1. The second kappa shape index (κ2) is 9.28. The number of carbonyl (C=O) groups is 2. The average Bonchev–Trinajstić information content (AvgIpc) is 3.41. The average molecular weight is 477 g/mol. The van der Waals surface area contributed by atoms with Crippen molar-refractivity contribution in [1.29, 1.82) is 0 Å². The van der Waals surface area contributed by atoms with Gasteiger partial charge in [-0.2, -0.15) is 5.10 Å². The lowest BCUT2D eigenvalue weighted by atomic mass is 10.0. The number of hydrogen-bond acceptors (Lipinski definition) is 6. The highest BCUT2D eigenvalue weighted by Gasteiger charge is 2.18. The zero-order chi connectivity index (χ0) is 24.4. The van der Waals surface area contributed by atoms with Crippen LogP contribution in [0.15, 0.2) is 65.8 Å². The molecule has 0 aliphatic carbocycles. The Morgan fingerprint density at radius 3 is 2.62 bits per heavy atom. The third-order valence-electron chi connectivity index (χ3n) is 5.09. The Morgan fingerprint density at radius 1 is 1.18 bits per heavy atom. The van der Waals surface area contributed by atoms with E-state index in [0.29, 0.717) is 16.0 Å². The first kappa shape index (κ1) is 22.9. The van der Waals surface area contributed by atoms with Crippen molar-refractivity contribution in [3.8, 4) is 0 Å². The number of aromatic nitrogens is 2. The summed E-state index contributed by atoms with van der Waals surface area (Å²) in [6, 6.07) is 13.6. The Kier molecular flexibility index (Phi) is 6.24. The molecular formula is C24H21FN6O2S. The fourth-order valence-electron chi connectivity index (χ4n) is 3.38. The molecule has 0 bridgehead atoms. The van der Waals surface area contributed by atoms with E-state index in [1.165, 1.54) is 34.2 Å². The number of nitrogens with two attached hydrogens (primary N) is 2. The molecule has 0 aliphatic rings. The highest BCUT2D eigenvalue weighted by atomic mass is 32.1. The van der Waals surface area contributed by atoms with E-state index in [1.807, 2.05) is 24.3 Å². The third-order valence-corrected chi connectivity index (χ3v) is 6.21. The number of halogens is 1. The number of primary amides is 1. The van der Waals surface area contributed by atoms with Crippen LogP contribution in [0.4, 0.5) is 15.9 Å². The Morgan fingerprint density at radius 2 is 1.94 bits per heavy atom. The van der Waals surface area contributed by atoms with Gasteiger partial charge in [-0.25, -0.2) is 9.38 Å². The Hall–Kier alpha value is -4.31. The van der Waals surface area contributed by atoms with Gasteiger partial charge in [0.2, 0.25) is 0 Å². The number of nitrogens with zero attached hydrogens (tertiary/aromatic N) is 3. The molecule has 0 unspecified atom stereocenters. The van der Waals surface area contributed by atoms with Gasteiger partial charge in [0, 0.05) is 35.3 Å². The van der Waals surface area contributed by atoms with E-state index in [2.05, 4.69) is 15.4 Å². The van der Waals surface area contributed by atoms with Crippen molar-refractivity contribution in [3.05, 3.63) is 82.6 Å². The molecule has 4 aromatic rings. The molecule has 172 valence electrons. The fraction of sp³-hybridized carbons (Fsp3) is 0.0833. The first-order valence-electron chi connectivity index (χ1n) is 10.2. The van der Waals surface area contributed by atoms with Crippen LogP contribution in [0.3, 0.4) is 0 Å². The lowest BCUT2D eigenvalue weighted by Gasteiger charge is -2.14. The van der Waals surface area contributed by atoms with Gasteiger partial charge in [-0.05, 0) is 48.2 Å². The van der Waals surface area contributed by atoms with Crippen molar-refractivity contribution in [2.24, 2.45) is 23.5 Å². The van der Waals surface area contributed by atoms with Crippen LogP contribution >= 0.6 is 11.3 Å². The van der Waals surface area contributed by atoms with Gasteiger partial charge >= 0.3 is 0 Å². The van der Waals surface area contributed by atoms with E-state index in [-0.39, 0.29) is 22.9 Å². The van der Waals surface area contributed by atoms with Crippen LogP contribution < -0.4 is 16.8 Å². The number of benzene rings is 2. The Bertz CT molecular complexity index is 1450. The van der Waals surface area contributed by atoms with Crippen molar-refractivity contribution in [3.63, 3.8) is 0 Å². The van der Waals surface area contributed by atoms with E-state index in [9.17, 15) is 14.0 Å². The van der Waals surface area contributed by atoms with Crippen molar-refractivity contribution >= 4 is 56.2 Å². The quantitative estimate of drug-likeness (QED) is 0.365. The van der Waals surface area contributed by atoms with Gasteiger partial charge in [0.25, 0.3) is 11.8 Å². The summed E-state index contributed by atoms with van der Waals surface area (Å²) in [5.41, 5.74) is 12.5. The molecule has 0 atom stereocenters. The molecule has 0 saturated heterocycles. The van der Waals surface area contributed by atoms with Gasteiger partial charge < -0.3 is 16.8 Å². The molecule has 0 spiro atoms. The predicted molar refractivity (Wildman–Crippen MR) is 133 cm³/mol. The number of carbonyl (C=O) groups excluding carboxylic acids is 2.